The Morgan fingerprint density at radius 3 is 2.86 bits per heavy atom. The summed E-state index contributed by atoms with van der Waals surface area (Å²) in [6.07, 6.45) is 3.31. The Morgan fingerprint density at radius 1 is 1.24 bits per heavy atom. The summed E-state index contributed by atoms with van der Waals surface area (Å²) in [6, 6.07) is 14.0. The number of hydrogen-bond donors (Lipinski definition) is 1. The van der Waals surface area contributed by atoms with Crippen molar-refractivity contribution in [2.24, 2.45) is 0 Å². The topological polar surface area (TPSA) is 55.2 Å². The molecule has 0 saturated carbocycles. The summed E-state index contributed by atoms with van der Waals surface area (Å²) in [6.45, 7) is 1.76. The van der Waals surface area contributed by atoms with E-state index < -0.39 is 0 Å². The fraction of sp³-hybridized carbons (Fsp3) is 0.294. The minimum Gasteiger partial charge on any atom is -0.378 e. The Balaban J connectivity index is 1.88. The van der Waals surface area contributed by atoms with E-state index in [0.29, 0.717) is 5.56 Å². The van der Waals surface area contributed by atoms with Crippen LogP contribution in [0.2, 0.25) is 0 Å². The molecule has 4 heteroatoms. The van der Waals surface area contributed by atoms with Crippen LogP contribution in [-0.2, 0) is 6.42 Å². The normalized spacial score (nSPS) is 17.1. The van der Waals surface area contributed by atoms with Crippen molar-refractivity contribution < 1.29 is 4.92 Å². The molecular weight excluding hydrogens is 264 g/mol. The van der Waals surface area contributed by atoms with E-state index in [1.807, 2.05) is 6.07 Å². The molecule has 0 heterocycles. The molecule has 1 aliphatic carbocycles. The minimum absolute atomic E-state index is 0.170. The Hall–Kier alpha value is -2.36. The summed E-state index contributed by atoms with van der Waals surface area (Å²) < 4.78 is 0. The molecule has 21 heavy (non-hydrogen) atoms. The van der Waals surface area contributed by atoms with Gasteiger partial charge >= 0.3 is 0 Å². The molecule has 0 amide bonds. The van der Waals surface area contributed by atoms with Crippen molar-refractivity contribution in [1.82, 2.24) is 0 Å². The zero-order valence-corrected chi connectivity index (χ0v) is 12.0. The van der Waals surface area contributed by atoms with Gasteiger partial charge in [-0.25, -0.2) is 0 Å². The van der Waals surface area contributed by atoms with Gasteiger partial charge in [0, 0.05) is 17.3 Å². The fourth-order valence-corrected chi connectivity index (χ4v) is 3.00. The molecule has 1 unspecified atom stereocenters. The summed E-state index contributed by atoms with van der Waals surface area (Å²) in [5.41, 5.74) is 4.36. The van der Waals surface area contributed by atoms with Gasteiger partial charge in [-0.2, -0.15) is 0 Å². The van der Waals surface area contributed by atoms with Crippen molar-refractivity contribution >= 4 is 11.4 Å². The van der Waals surface area contributed by atoms with Crippen LogP contribution in [0.4, 0.5) is 11.4 Å². The summed E-state index contributed by atoms with van der Waals surface area (Å²) in [5, 5.41) is 14.5. The average Bonchev–Trinajstić information content (AvgIpc) is 2.49. The molecule has 1 N–H and O–H groups in total. The largest absolute Gasteiger partial charge is 0.378 e. The number of fused-ring (bicyclic) bond motifs is 1. The van der Waals surface area contributed by atoms with Crippen LogP contribution < -0.4 is 5.32 Å². The molecule has 1 aliphatic rings. The number of nitrogens with zero attached hydrogens (tertiary/aromatic N) is 1. The molecule has 0 spiro atoms. The molecule has 0 radical (unpaired) electrons. The van der Waals surface area contributed by atoms with Gasteiger partial charge in [-0.3, -0.25) is 10.1 Å². The van der Waals surface area contributed by atoms with Crippen molar-refractivity contribution in [3.8, 4) is 0 Å². The summed E-state index contributed by atoms with van der Waals surface area (Å²) in [7, 11) is 0. The number of nitrogens with one attached hydrogen (secondary N) is 1. The van der Waals surface area contributed by atoms with Crippen LogP contribution in [0.15, 0.2) is 42.5 Å². The van der Waals surface area contributed by atoms with Crippen LogP contribution >= 0.6 is 0 Å². The van der Waals surface area contributed by atoms with Crippen LogP contribution in [-0.4, -0.2) is 4.92 Å². The van der Waals surface area contributed by atoms with Crippen molar-refractivity contribution in [3.05, 3.63) is 69.3 Å². The van der Waals surface area contributed by atoms with E-state index in [-0.39, 0.29) is 16.7 Å². The lowest BCUT2D eigenvalue weighted by Crippen LogP contribution is -2.17. The lowest BCUT2D eigenvalue weighted by Gasteiger charge is -2.27. The first kappa shape index (κ1) is 13.6. The predicted octanol–water partition coefficient (Wildman–Crippen LogP) is 4.39. The van der Waals surface area contributed by atoms with Gasteiger partial charge in [0.05, 0.1) is 11.0 Å². The third-order valence-electron chi connectivity index (χ3n) is 4.12. The molecule has 0 aliphatic heterocycles. The summed E-state index contributed by atoms with van der Waals surface area (Å²) in [5.74, 6) is 0. The van der Waals surface area contributed by atoms with E-state index in [0.717, 1.165) is 24.9 Å². The Bertz CT molecular complexity index is 682. The SMILES string of the molecule is Cc1ccc(NC2CCCc3ccccc32)cc1[N+](=O)[O-]. The van der Waals surface area contributed by atoms with Gasteiger partial charge in [-0.05, 0) is 43.4 Å². The lowest BCUT2D eigenvalue weighted by atomic mass is 9.87. The molecule has 2 aromatic carbocycles. The van der Waals surface area contributed by atoms with Crippen LogP contribution in [0, 0.1) is 17.0 Å². The molecule has 4 nitrogen and oxygen atoms in total. The predicted molar refractivity (Wildman–Crippen MR) is 83.6 cm³/mol. The van der Waals surface area contributed by atoms with Gasteiger partial charge < -0.3 is 5.32 Å². The number of rotatable bonds is 3. The molecule has 3 rings (SSSR count). The maximum Gasteiger partial charge on any atom is 0.274 e. The second-order valence-electron chi connectivity index (χ2n) is 5.55. The zero-order chi connectivity index (χ0) is 14.8. The molecule has 0 fully saturated rings. The van der Waals surface area contributed by atoms with E-state index in [1.54, 1.807) is 19.1 Å². The summed E-state index contributed by atoms with van der Waals surface area (Å²) >= 11 is 0. The highest BCUT2D eigenvalue weighted by molar-refractivity contribution is 5.56. The van der Waals surface area contributed by atoms with E-state index in [2.05, 4.69) is 29.6 Å². The van der Waals surface area contributed by atoms with Crippen molar-refractivity contribution in [1.29, 1.82) is 0 Å². The second-order valence-corrected chi connectivity index (χ2v) is 5.55. The van der Waals surface area contributed by atoms with Crippen molar-refractivity contribution in [3.63, 3.8) is 0 Å². The zero-order valence-electron chi connectivity index (χ0n) is 12.0. The first-order valence-electron chi connectivity index (χ1n) is 7.24. The highest BCUT2D eigenvalue weighted by atomic mass is 16.6. The third kappa shape index (κ3) is 2.75. The van der Waals surface area contributed by atoms with Gasteiger partial charge in [0.15, 0.2) is 0 Å². The van der Waals surface area contributed by atoms with Crippen LogP contribution in [0.25, 0.3) is 0 Å². The first-order valence-corrected chi connectivity index (χ1v) is 7.24. The Morgan fingerprint density at radius 2 is 2.05 bits per heavy atom. The quantitative estimate of drug-likeness (QED) is 0.671. The fourth-order valence-electron chi connectivity index (χ4n) is 3.00. The van der Waals surface area contributed by atoms with Crippen LogP contribution in [0.5, 0.6) is 0 Å². The van der Waals surface area contributed by atoms with Crippen molar-refractivity contribution in [2.75, 3.05) is 5.32 Å². The molecule has 0 aromatic heterocycles. The molecule has 0 saturated heterocycles. The lowest BCUT2D eigenvalue weighted by molar-refractivity contribution is -0.385. The summed E-state index contributed by atoms with van der Waals surface area (Å²) in [4.78, 5) is 10.7. The number of hydrogen-bond acceptors (Lipinski definition) is 3. The van der Waals surface area contributed by atoms with E-state index in [9.17, 15) is 10.1 Å². The number of nitro benzene ring substituents is 1. The smallest absolute Gasteiger partial charge is 0.274 e. The van der Waals surface area contributed by atoms with Crippen LogP contribution in [0.1, 0.15) is 35.6 Å². The Kier molecular flexibility index (Phi) is 3.60. The highest BCUT2D eigenvalue weighted by Crippen LogP contribution is 2.33. The number of benzene rings is 2. The van der Waals surface area contributed by atoms with Gasteiger partial charge in [-0.15, -0.1) is 0 Å². The second kappa shape index (κ2) is 5.56. The van der Waals surface area contributed by atoms with E-state index >= 15 is 0 Å². The maximum absolute atomic E-state index is 11.0. The standard InChI is InChI=1S/C17H18N2O2/c1-12-9-10-14(11-17(12)19(20)21)18-16-8-4-6-13-5-2-3-7-15(13)16/h2-3,5,7,9-11,16,18H,4,6,8H2,1H3. The molecule has 108 valence electrons. The number of anilines is 1. The number of nitro groups is 1. The Labute approximate surface area is 124 Å². The number of aryl methyl sites for hydroxylation is 2. The van der Waals surface area contributed by atoms with Gasteiger partial charge in [0.2, 0.25) is 0 Å². The minimum atomic E-state index is -0.324. The van der Waals surface area contributed by atoms with Crippen molar-refractivity contribution in [2.45, 2.75) is 32.2 Å². The van der Waals surface area contributed by atoms with Gasteiger partial charge in [0.1, 0.15) is 0 Å². The molecule has 2 aromatic rings. The van der Waals surface area contributed by atoms with Crippen LogP contribution in [0.3, 0.4) is 0 Å². The third-order valence-corrected chi connectivity index (χ3v) is 4.12. The van der Waals surface area contributed by atoms with E-state index in [4.69, 9.17) is 0 Å². The maximum atomic E-state index is 11.0. The van der Waals surface area contributed by atoms with Gasteiger partial charge in [-0.1, -0.05) is 30.3 Å². The highest BCUT2D eigenvalue weighted by Gasteiger charge is 2.20. The monoisotopic (exact) mass is 282 g/mol. The molecular formula is C17H18N2O2. The first-order chi connectivity index (χ1) is 10.1. The average molecular weight is 282 g/mol. The van der Waals surface area contributed by atoms with Gasteiger partial charge in [0.25, 0.3) is 5.69 Å². The molecule has 1 atom stereocenters. The molecule has 0 bridgehead atoms. The van der Waals surface area contributed by atoms with E-state index in [1.165, 1.54) is 11.1 Å².